The molecule has 0 bridgehead atoms. The van der Waals surface area contributed by atoms with Crippen molar-refractivity contribution in [2.24, 2.45) is 5.41 Å². The Morgan fingerprint density at radius 2 is 1.93 bits per heavy atom. The van der Waals surface area contributed by atoms with Crippen molar-refractivity contribution in [2.75, 3.05) is 19.0 Å². The second kappa shape index (κ2) is 9.42. The van der Waals surface area contributed by atoms with Gasteiger partial charge in [-0.15, -0.1) is 11.6 Å². The number of urea groups is 1. The van der Waals surface area contributed by atoms with Gasteiger partial charge in [0.25, 0.3) is 0 Å². The number of alkyl halides is 1. The predicted molar refractivity (Wildman–Crippen MR) is 113 cm³/mol. The molecule has 2 rings (SSSR count). The molecule has 0 saturated carbocycles. The first-order valence-corrected chi connectivity index (χ1v) is 10.4. The van der Waals surface area contributed by atoms with Crippen LogP contribution in [0.2, 0.25) is 10.0 Å². The number of rotatable bonds is 4. The van der Waals surface area contributed by atoms with E-state index in [2.05, 4.69) is 10.6 Å². The van der Waals surface area contributed by atoms with Crippen molar-refractivity contribution in [2.45, 2.75) is 45.2 Å². The van der Waals surface area contributed by atoms with Crippen molar-refractivity contribution in [3.8, 4) is 0 Å². The number of carboxylic acid groups (broad SMARTS) is 1. The third-order valence-electron chi connectivity index (χ3n) is 4.95. The Hall–Kier alpha value is -1.37. The van der Waals surface area contributed by atoms with Crippen molar-refractivity contribution in [1.29, 1.82) is 0 Å². The fourth-order valence-electron chi connectivity index (χ4n) is 3.91. The lowest BCUT2D eigenvalue weighted by Crippen LogP contribution is -2.61. The minimum atomic E-state index is -0.977. The summed E-state index contributed by atoms with van der Waals surface area (Å²) in [7, 11) is 0. The van der Waals surface area contributed by atoms with Gasteiger partial charge in [-0.05, 0) is 29.5 Å². The molecule has 3 amide bonds. The fraction of sp³-hybridized carbons (Fsp3) is 0.579. The molecule has 28 heavy (non-hydrogen) atoms. The van der Waals surface area contributed by atoms with Crippen molar-refractivity contribution >= 4 is 46.9 Å². The number of piperidine rings is 1. The van der Waals surface area contributed by atoms with Crippen LogP contribution >= 0.6 is 34.8 Å². The summed E-state index contributed by atoms with van der Waals surface area (Å²) in [6.07, 6.45) is -0.493. The van der Waals surface area contributed by atoms with E-state index in [-0.39, 0.29) is 29.4 Å². The summed E-state index contributed by atoms with van der Waals surface area (Å²) >= 11 is 18.0. The Kier molecular flexibility index (Phi) is 7.71. The Morgan fingerprint density at radius 3 is 2.46 bits per heavy atom. The molecule has 0 aromatic heterocycles. The zero-order valence-corrected chi connectivity index (χ0v) is 18.4. The molecule has 1 aliphatic rings. The van der Waals surface area contributed by atoms with Gasteiger partial charge in [0.1, 0.15) is 0 Å². The van der Waals surface area contributed by atoms with Crippen molar-refractivity contribution in [3.05, 3.63) is 33.8 Å². The van der Waals surface area contributed by atoms with Crippen LogP contribution in [-0.2, 0) is 0 Å². The maximum Gasteiger partial charge on any atom is 0.407 e. The molecule has 1 aliphatic heterocycles. The summed E-state index contributed by atoms with van der Waals surface area (Å²) in [5.74, 6) is 0.0208. The average Bonchev–Trinajstić information content (AvgIpc) is 2.61. The van der Waals surface area contributed by atoms with Crippen LogP contribution in [0.15, 0.2) is 18.2 Å². The molecular formula is C19H26Cl3N3O3. The summed E-state index contributed by atoms with van der Waals surface area (Å²) in [4.78, 5) is 25.7. The van der Waals surface area contributed by atoms with Crippen LogP contribution in [0.1, 0.15) is 38.7 Å². The Bertz CT molecular complexity index is 724. The minimum absolute atomic E-state index is 0.271. The van der Waals surface area contributed by atoms with Crippen LogP contribution in [0.5, 0.6) is 0 Å². The topological polar surface area (TPSA) is 81.7 Å². The molecule has 3 atom stereocenters. The number of nitrogens with zero attached hydrogens (tertiary/aromatic N) is 1. The highest BCUT2D eigenvalue weighted by Gasteiger charge is 2.47. The second-order valence-electron chi connectivity index (χ2n) is 7.97. The number of nitrogens with one attached hydrogen (secondary N) is 2. The molecule has 0 spiro atoms. The maximum atomic E-state index is 12.3. The van der Waals surface area contributed by atoms with E-state index in [0.717, 1.165) is 5.56 Å². The van der Waals surface area contributed by atoms with Gasteiger partial charge in [0.15, 0.2) is 0 Å². The number of carbonyl (C=O) groups is 2. The summed E-state index contributed by atoms with van der Waals surface area (Å²) in [6, 6.07) is 4.33. The maximum absolute atomic E-state index is 12.3. The van der Waals surface area contributed by atoms with Crippen LogP contribution in [0.25, 0.3) is 0 Å². The smallest absolute Gasteiger partial charge is 0.407 e. The molecule has 6 nitrogen and oxygen atoms in total. The lowest BCUT2D eigenvalue weighted by atomic mass is 9.69. The van der Waals surface area contributed by atoms with Crippen molar-refractivity contribution in [1.82, 2.24) is 15.5 Å². The molecular weight excluding hydrogens is 425 g/mol. The molecule has 1 heterocycles. The van der Waals surface area contributed by atoms with Gasteiger partial charge in [-0.25, -0.2) is 9.59 Å². The highest BCUT2D eigenvalue weighted by molar-refractivity contribution is 6.42. The van der Waals surface area contributed by atoms with Crippen LogP contribution in [0, 0.1) is 5.41 Å². The standard InChI is InChI=1S/C19H26Cl3N3O3/c1-19(2,3)16-15(11-4-5-12(21)13(22)10-11)14(6-9-25(16)18(27)28)24-17(26)23-8-7-20/h4-5,10,14-16H,6-9H2,1-3H3,(H,27,28)(H2,23,24,26)/t14-,15-,16?/m1/s1. The number of likely N-dealkylation sites (tertiary alicyclic amines) is 1. The molecule has 9 heteroatoms. The third kappa shape index (κ3) is 5.37. The summed E-state index contributed by atoms with van der Waals surface area (Å²) < 4.78 is 0. The number of hydrogen-bond donors (Lipinski definition) is 3. The molecule has 1 aromatic carbocycles. The summed E-state index contributed by atoms with van der Waals surface area (Å²) in [5, 5.41) is 16.3. The van der Waals surface area contributed by atoms with E-state index in [1.807, 2.05) is 26.8 Å². The summed E-state index contributed by atoms with van der Waals surface area (Å²) in [5.41, 5.74) is 0.463. The Balaban J connectivity index is 2.47. The Morgan fingerprint density at radius 1 is 1.25 bits per heavy atom. The van der Waals surface area contributed by atoms with E-state index in [0.29, 0.717) is 35.4 Å². The van der Waals surface area contributed by atoms with E-state index in [1.165, 1.54) is 4.90 Å². The van der Waals surface area contributed by atoms with Gasteiger partial charge >= 0.3 is 12.1 Å². The molecule has 0 aliphatic carbocycles. The van der Waals surface area contributed by atoms with Crippen LogP contribution in [0.3, 0.4) is 0 Å². The monoisotopic (exact) mass is 449 g/mol. The SMILES string of the molecule is CC(C)(C)C1[C@H](c2ccc(Cl)c(Cl)c2)[C@H](NC(=O)NCCCl)CCN1C(=O)O. The lowest BCUT2D eigenvalue weighted by Gasteiger charge is -2.50. The third-order valence-corrected chi connectivity index (χ3v) is 5.88. The Labute approximate surface area is 180 Å². The number of carbonyl (C=O) groups excluding carboxylic acids is 1. The quantitative estimate of drug-likeness (QED) is 0.577. The van der Waals surface area contributed by atoms with E-state index >= 15 is 0 Å². The number of halogens is 3. The normalized spacial score (nSPS) is 22.6. The predicted octanol–water partition coefficient (Wildman–Crippen LogP) is 4.78. The van der Waals surface area contributed by atoms with E-state index < -0.39 is 6.09 Å². The van der Waals surface area contributed by atoms with Crippen molar-refractivity contribution in [3.63, 3.8) is 0 Å². The number of amides is 3. The first kappa shape index (κ1) is 22.9. The molecule has 156 valence electrons. The van der Waals surface area contributed by atoms with Crippen molar-refractivity contribution < 1.29 is 14.7 Å². The van der Waals surface area contributed by atoms with Crippen LogP contribution < -0.4 is 10.6 Å². The van der Waals surface area contributed by atoms with Gasteiger partial charge < -0.3 is 20.6 Å². The van der Waals surface area contributed by atoms with Gasteiger partial charge in [-0.2, -0.15) is 0 Å². The first-order chi connectivity index (χ1) is 13.1. The average molecular weight is 451 g/mol. The molecule has 1 unspecified atom stereocenters. The van der Waals surface area contributed by atoms with Gasteiger partial charge in [-0.1, -0.05) is 50.0 Å². The second-order valence-corrected chi connectivity index (χ2v) is 9.16. The number of hydrogen-bond acceptors (Lipinski definition) is 2. The molecule has 0 radical (unpaired) electrons. The van der Waals surface area contributed by atoms with Crippen LogP contribution in [0.4, 0.5) is 9.59 Å². The van der Waals surface area contributed by atoms with Gasteiger partial charge in [0, 0.05) is 37.0 Å². The number of benzene rings is 1. The first-order valence-electron chi connectivity index (χ1n) is 9.11. The van der Waals surface area contributed by atoms with Gasteiger partial charge in [-0.3, -0.25) is 0 Å². The highest BCUT2D eigenvalue weighted by Crippen LogP contribution is 2.43. The molecule has 3 N–H and O–H groups in total. The van der Waals surface area contributed by atoms with E-state index in [4.69, 9.17) is 34.8 Å². The molecule has 1 saturated heterocycles. The summed E-state index contributed by atoms with van der Waals surface area (Å²) in [6.45, 7) is 6.66. The van der Waals surface area contributed by atoms with E-state index in [9.17, 15) is 14.7 Å². The van der Waals surface area contributed by atoms with E-state index in [1.54, 1.807) is 12.1 Å². The molecule has 1 aromatic rings. The lowest BCUT2D eigenvalue weighted by molar-refractivity contribution is 0.0343. The van der Waals surface area contributed by atoms with Crippen LogP contribution in [-0.4, -0.2) is 53.2 Å². The fourth-order valence-corrected chi connectivity index (χ4v) is 4.31. The van der Waals surface area contributed by atoms with Gasteiger partial charge in [0.2, 0.25) is 0 Å². The van der Waals surface area contributed by atoms with Gasteiger partial charge in [0.05, 0.1) is 10.0 Å². The highest BCUT2D eigenvalue weighted by atomic mass is 35.5. The molecule has 1 fully saturated rings. The zero-order chi connectivity index (χ0) is 21.1. The zero-order valence-electron chi connectivity index (χ0n) is 16.1. The largest absolute Gasteiger partial charge is 0.465 e. The minimum Gasteiger partial charge on any atom is -0.465 e.